The lowest BCUT2D eigenvalue weighted by Gasteiger charge is -2.20. The largest absolute Gasteiger partial charge is 0.466 e. The van der Waals surface area contributed by atoms with Crippen LogP contribution >= 0.6 is 0 Å². The van der Waals surface area contributed by atoms with Gasteiger partial charge in [0.2, 0.25) is 5.91 Å². The van der Waals surface area contributed by atoms with Gasteiger partial charge in [-0.25, -0.2) is 0 Å². The topological polar surface area (TPSA) is 95.9 Å². The van der Waals surface area contributed by atoms with Gasteiger partial charge in [0.1, 0.15) is 0 Å². The second-order valence-corrected chi connectivity index (χ2v) is 21.4. The van der Waals surface area contributed by atoms with E-state index in [0.29, 0.717) is 19.4 Å². The lowest BCUT2D eigenvalue weighted by atomic mass is 10.0. The molecule has 0 fully saturated rings. The number of carbonyl (C=O) groups is 2. The average Bonchev–Trinajstić information content (AvgIpc) is 3.36. The SMILES string of the molecule is CCCCCCCCC/C=C\CCCCCCCC(=O)OCCCCCCCCC/C=C\CCCCCCCC(=O)NC(CO)C(O)/C=C/CCCCCCCCCCCCCCCCCCCCC. The Morgan fingerprint density at radius 1 is 0.386 bits per heavy atom. The maximum Gasteiger partial charge on any atom is 0.305 e. The monoisotopic (exact) mass is 984 g/mol. The lowest BCUT2D eigenvalue weighted by molar-refractivity contribution is -0.143. The summed E-state index contributed by atoms with van der Waals surface area (Å²) in [6.45, 7) is 4.89. The number of unbranched alkanes of at least 4 members (excludes halogenated alkanes) is 43. The van der Waals surface area contributed by atoms with Crippen LogP contribution in [0.2, 0.25) is 0 Å². The Bertz CT molecular complexity index is 1130. The molecule has 412 valence electrons. The average molecular weight is 985 g/mol. The van der Waals surface area contributed by atoms with Crippen LogP contribution in [0.5, 0.6) is 0 Å². The summed E-state index contributed by atoms with van der Waals surface area (Å²) in [5.41, 5.74) is 0. The Morgan fingerprint density at radius 3 is 1.01 bits per heavy atom. The van der Waals surface area contributed by atoms with Gasteiger partial charge in [0.25, 0.3) is 0 Å². The van der Waals surface area contributed by atoms with Gasteiger partial charge in [-0.2, -0.15) is 0 Å². The fourth-order valence-electron chi connectivity index (χ4n) is 9.57. The summed E-state index contributed by atoms with van der Waals surface area (Å²) < 4.78 is 5.47. The third kappa shape index (κ3) is 55.4. The van der Waals surface area contributed by atoms with Crippen LogP contribution in [-0.4, -0.2) is 47.4 Å². The standard InChI is InChI=1S/C64H121NO5/c1-3-5-7-9-11-13-15-17-19-21-22-23-24-25-28-32-36-40-44-48-52-56-62(67)61(60-66)65-63(68)57-53-49-45-41-37-33-29-26-27-31-35-39-43-47-51-55-59-70-64(69)58-54-50-46-42-38-34-30-20-18-16-14-12-10-8-6-4-2/h20,26,29-30,52,56,61-62,66-67H,3-19,21-25,27-28,31-51,53-55,57-60H2,1-2H3,(H,65,68)/b29-26-,30-20-,56-52+. The Balaban J connectivity index is 3.50. The first-order chi connectivity index (χ1) is 34.5. The highest BCUT2D eigenvalue weighted by Gasteiger charge is 2.18. The van der Waals surface area contributed by atoms with Crippen LogP contribution < -0.4 is 5.32 Å². The van der Waals surface area contributed by atoms with Crippen molar-refractivity contribution in [1.29, 1.82) is 0 Å². The highest BCUT2D eigenvalue weighted by atomic mass is 16.5. The van der Waals surface area contributed by atoms with E-state index in [2.05, 4.69) is 43.5 Å². The Morgan fingerprint density at radius 2 is 0.671 bits per heavy atom. The van der Waals surface area contributed by atoms with Gasteiger partial charge in [-0.05, 0) is 83.5 Å². The Kier molecular flexibility index (Phi) is 58.0. The van der Waals surface area contributed by atoms with Gasteiger partial charge in [0.05, 0.1) is 25.4 Å². The van der Waals surface area contributed by atoms with Crippen molar-refractivity contribution in [2.75, 3.05) is 13.2 Å². The van der Waals surface area contributed by atoms with Crippen LogP contribution in [0.3, 0.4) is 0 Å². The maximum absolute atomic E-state index is 12.5. The number of hydrogen-bond donors (Lipinski definition) is 3. The van der Waals surface area contributed by atoms with Crippen molar-refractivity contribution in [1.82, 2.24) is 5.32 Å². The molecule has 0 aliphatic rings. The molecule has 6 heteroatoms. The molecular weight excluding hydrogens is 863 g/mol. The fraction of sp³-hybridized carbons (Fsp3) is 0.875. The molecule has 0 aliphatic heterocycles. The van der Waals surface area contributed by atoms with E-state index in [1.54, 1.807) is 6.08 Å². The quantitative estimate of drug-likeness (QED) is 0.0321. The second kappa shape index (κ2) is 59.6. The third-order valence-electron chi connectivity index (χ3n) is 14.4. The zero-order valence-corrected chi connectivity index (χ0v) is 47.0. The number of ether oxygens (including phenoxy) is 1. The second-order valence-electron chi connectivity index (χ2n) is 21.4. The minimum absolute atomic E-state index is 0.0109. The third-order valence-corrected chi connectivity index (χ3v) is 14.4. The first-order valence-corrected chi connectivity index (χ1v) is 31.3. The molecule has 0 saturated carbocycles. The number of amides is 1. The van der Waals surface area contributed by atoms with Crippen LogP contribution in [0.4, 0.5) is 0 Å². The van der Waals surface area contributed by atoms with Crippen molar-refractivity contribution in [3.8, 4) is 0 Å². The van der Waals surface area contributed by atoms with E-state index in [0.717, 1.165) is 64.2 Å². The van der Waals surface area contributed by atoms with E-state index in [4.69, 9.17) is 4.74 Å². The molecule has 0 aromatic carbocycles. The van der Waals surface area contributed by atoms with E-state index in [9.17, 15) is 19.8 Å². The van der Waals surface area contributed by atoms with Gasteiger partial charge in [-0.3, -0.25) is 9.59 Å². The minimum atomic E-state index is -0.857. The van der Waals surface area contributed by atoms with Gasteiger partial charge in [-0.1, -0.05) is 275 Å². The van der Waals surface area contributed by atoms with E-state index in [-0.39, 0.29) is 18.5 Å². The van der Waals surface area contributed by atoms with Crippen molar-refractivity contribution in [2.24, 2.45) is 0 Å². The fourth-order valence-corrected chi connectivity index (χ4v) is 9.57. The lowest BCUT2D eigenvalue weighted by Crippen LogP contribution is -2.45. The molecule has 2 unspecified atom stereocenters. The smallest absolute Gasteiger partial charge is 0.305 e. The molecule has 1 amide bonds. The molecule has 0 rings (SSSR count). The van der Waals surface area contributed by atoms with Gasteiger partial charge < -0.3 is 20.3 Å². The first kappa shape index (κ1) is 68.1. The molecule has 70 heavy (non-hydrogen) atoms. The molecular formula is C64H121NO5. The van der Waals surface area contributed by atoms with Gasteiger partial charge >= 0.3 is 5.97 Å². The van der Waals surface area contributed by atoms with Gasteiger partial charge in [-0.15, -0.1) is 0 Å². The summed E-state index contributed by atoms with van der Waals surface area (Å²) in [5.74, 6) is -0.0938. The summed E-state index contributed by atoms with van der Waals surface area (Å²) in [6, 6.07) is -0.642. The van der Waals surface area contributed by atoms with Crippen molar-refractivity contribution in [2.45, 2.75) is 347 Å². The summed E-state index contributed by atoms with van der Waals surface area (Å²) in [7, 11) is 0. The normalized spacial score (nSPS) is 12.8. The van der Waals surface area contributed by atoms with Crippen LogP contribution in [0, 0.1) is 0 Å². The van der Waals surface area contributed by atoms with E-state index < -0.39 is 12.1 Å². The van der Waals surface area contributed by atoms with Crippen LogP contribution in [0.15, 0.2) is 36.5 Å². The number of allylic oxidation sites excluding steroid dienone is 5. The molecule has 0 aliphatic carbocycles. The highest BCUT2D eigenvalue weighted by Crippen LogP contribution is 2.17. The van der Waals surface area contributed by atoms with Gasteiger partial charge in [0.15, 0.2) is 0 Å². The van der Waals surface area contributed by atoms with Crippen molar-refractivity contribution in [3.05, 3.63) is 36.5 Å². The van der Waals surface area contributed by atoms with Crippen LogP contribution in [0.1, 0.15) is 335 Å². The summed E-state index contributed by atoms with van der Waals surface area (Å²) in [6.07, 6.45) is 74.6. The highest BCUT2D eigenvalue weighted by molar-refractivity contribution is 5.76. The Hall–Kier alpha value is -1.92. The molecule has 0 aromatic rings. The zero-order chi connectivity index (χ0) is 50.7. The number of rotatable bonds is 58. The number of esters is 1. The molecule has 0 saturated heterocycles. The van der Waals surface area contributed by atoms with Crippen LogP contribution in [0.25, 0.3) is 0 Å². The molecule has 3 N–H and O–H groups in total. The van der Waals surface area contributed by atoms with Crippen molar-refractivity contribution >= 4 is 11.9 Å². The van der Waals surface area contributed by atoms with E-state index >= 15 is 0 Å². The summed E-state index contributed by atoms with van der Waals surface area (Å²) in [4.78, 5) is 24.6. The molecule has 0 radical (unpaired) electrons. The molecule has 6 nitrogen and oxygen atoms in total. The number of carbonyl (C=O) groups excluding carboxylic acids is 2. The van der Waals surface area contributed by atoms with E-state index in [1.165, 1.54) is 244 Å². The summed E-state index contributed by atoms with van der Waals surface area (Å²) in [5, 5.41) is 23.2. The maximum atomic E-state index is 12.5. The molecule has 0 spiro atoms. The molecule has 2 atom stereocenters. The van der Waals surface area contributed by atoms with Crippen molar-refractivity contribution < 1.29 is 24.5 Å². The van der Waals surface area contributed by atoms with Crippen molar-refractivity contribution in [3.63, 3.8) is 0 Å². The number of hydrogen-bond acceptors (Lipinski definition) is 5. The Labute approximate surface area is 436 Å². The van der Waals surface area contributed by atoms with Gasteiger partial charge in [0, 0.05) is 12.8 Å². The predicted molar refractivity (Wildman–Crippen MR) is 306 cm³/mol. The number of aliphatic hydroxyl groups excluding tert-OH is 2. The first-order valence-electron chi connectivity index (χ1n) is 31.3. The molecule has 0 aromatic heterocycles. The number of nitrogens with one attached hydrogen (secondary N) is 1. The van der Waals surface area contributed by atoms with Crippen LogP contribution in [-0.2, 0) is 14.3 Å². The summed E-state index contributed by atoms with van der Waals surface area (Å²) >= 11 is 0. The van der Waals surface area contributed by atoms with E-state index in [1.807, 2.05) is 6.08 Å². The number of aliphatic hydroxyl groups is 2. The predicted octanol–water partition coefficient (Wildman–Crippen LogP) is 19.6. The molecule has 0 heterocycles. The molecule has 0 bridgehead atoms. The zero-order valence-electron chi connectivity index (χ0n) is 47.0. The minimum Gasteiger partial charge on any atom is -0.466 e.